The number of aromatic nitrogens is 2. The third-order valence-electron chi connectivity index (χ3n) is 3.13. The van der Waals surface area contributed by atoms with Crippen LogP contribution in [0.1, 0.15) is 6.42 Å². The molecule has 1 aliphatic heterocycles. The van der Waals surface area contributed by atoms with E-state index in [0.29, 0.717) is 16.8 Å². The molecule has 0 aliphatic carbocycles. The maximum atomic E-state index is 12.2. The molecule has 1 fully saturated rings. The van der Waals surface area contributed by atoms with Crippen molar-refractivity contribution in [3.05, 3.63) is 24.3 Å². The first-order valence-corrected chi connectivity index (χ1v) is 7.18. The molecule has 2 N–H and O–H groups in total. The summed E-state index contributed by atoms with van der Waals surface area (Å²) in [6.07, 6.45) is 1.12. The number of rotatable bonds is 3. The van der Waals surface area contributed by atoms with Crippen LogP contribution in [0.5, 0.6) is 0 Å². The van der Waals surface area contributed by atoms with Gasteiger partial charge in [0.05, 0.1) is 21.8 Å². The molecular formula is C12H15N3OS. The van der Waals surface area contributed by atoms with Crippen LogP contribution >= 0.6 is 0 Å². The van der Waals surface area contributed by atoms with E-state index in [9.17, 15) is 4.21 Å². The minimum atomic E-state index is -1.01. The maximum Gasteiger partial charge on any atom is 0.197 e. The normalized spacial score (nSPS) is 22.0. The largest absolute Gasteiger partial charge is 0.331 e. The molecule has 5 heteroatoms. The van der Waals surface area contributed by atoms with Gasteiger partial charge in [0, 0.05) is 5.75 Å². The Hall–Kier alpha value is -1.20. The lowest BCUT2D eigenvalue weighted by Gasteiger charge is -2.05. The first kappa shape index (κ1) is 10.9. The van der Waals surface area contributed by atoms with Crippen molar-refractivity contribution in [1.29, 1.82) is 0 Å². The molecule has 17 heavy (non-hydrogen) atoms. The highest BCUT2D eigenvalue weighted by molar-refractivity contribution is 7.84. The van der Waals surface area contributed by atoms with Crippen LogP contribution in [0, 0.1) is 5.92 Å². The number of fused-ring (bicyclic) bond motifs is 1. The predicted molar refractivity (Wildman–Crippen MR) is 68.3 cm³/mol. The van der Waals surface area contributed by atoms with Crippen LogP contribution < -0.4 is 5.32 Å². The van der Waals surface area contributed by atoms with Gasteiger partial charge < -0.3 is 10.3 Å². The first-order valence-electron chi connectivity index (χ1n) is 5.87. The lowest BCUT2D eigenvalue weighted by molar-refractivity contribution is 0.629. The average molecular weight is 249 g/mol. The Morgan fingerprint density at radius 2 is 2.29 bits per heavy atom. The summed E-state index contributed by atoms with van der Waals surface area (Å²) in [6.45, 7) is 2.02. The summed E-state index contributed by atoms with van der Waals surface area (Å²) in [4.78, 5) is 7.52. The third kappa shape index (κ3) is 2.25. The number of hydrogen-bond donors (Lipinski definition) is 2. The molecule has 2 atom stereocenters. The Bertz CT molecular complexity index is 512. The minimum absolute atomic E-state index is 0.518. The zero-order chi connectivity index (χ0) is 11.7. The Kier molecular flexibility index (Phi) is 2.94. The van der Waals surface area contributed by atoms with Gasteiger partial charge in [-0.3, -0.25) is 4.21 Å². The lowest BCUT2D eigenvalue weighted by Crippen LogP contribution is -2.15. The van der Waals surface area contributed by atoms with E-state index in [2.05, 4.69) is 15.3 Å². The summed E-state index contributed by atoms with van der Waals surface area (Å²) < 4.78 is 12.2. The van der Waals surface area contributed by atoms with E-state index in [-0.39, 0.29) is 0 Å². The van der Waals surface area contributed by atoms with Gasteiger partial charge in [0.25, 0.3) is 0 Å². The van der Waals surface area contributed by atoms with Crippen molar-refractivity contribution in [3.8, 4) is 0 Å². The number of hydrogen-bond acceptors (Lipinski definition) is 3. The van der Waals surface area contributed by atoms with Crippen molar-refractivity contribution in [3.63, 3.8) is 0 Å². The molecule has 0 amide bonds. The lowest BCUT2D eigenvalue weighted by atomic mass is 10.2. The molecule has 0 unspecified atom stereocenters. The average Bonchev–Trinajstić information content (AvgIpc) is 2.96. The highest BCUT2D eigenvalue weighted by Crippen LogP contribution is 2.16. The van der Waals surface area contributed by atoms with Gasteiger partial charge in [0.1, 0.15) is 0 Å². The van der Waals surface area contributed by atoms with Crippen LogP contribution in [-0.4, -0.2) is 33.0 Å². The maximum absolute atomic E-state index is 12.2. The molecule has 3 rings (SSSR count). The van der Waals surface area contributed by atoms with Gasteiger partial charge in [-0.05, 0) is 37.6 Å². The minimum Gasteiger partial charge on any atom is -0.331 e. The van der Waals surface area contributed by atoms with Gasteiger partial charge in [-0.25, -0.2) is 4.98 Å². The van der Waals surface area contributed by atoms with Crippen molar-refractivity contribution in [1.82, 2.24) is 15.3 Å². The molecule has 1 aromatic heterocycles. The molecule has 2 heterocycles. The van der Waals surface area contributed by atoms with Crippen LogP contribution in [0.15, 0.2) is 29.4 Å². The van der Waals surface area contributed by atoms with E-state index < -0.39 is 10.8 Å². The smallest absolute Gasteiger partial charge is 0.197 e. The highest BCUT2D eigenvalue weighted by atomic mass is 32.2. The Labute approximate surface area is 102 Å². The van der Waals surface area contributed by atoms with E-state index in [0.717, 1.165) is 30.5 Å². The van der Waals surface area contributed by atoms with Crippen molar-refractivity contribution in [2.24, 2.45) is 5.92 Å². The summed E-state index contributed by atoms with van der Waals surface area (Å²) in [6, 6.07) is 7.79. The number of para-hydroxylation sites is 2. The monoisotopic (exact) mass is 249 g/mol. The van der Waals surface area contributed by atoms with E-state index in [1.165, 1.54) is 0 Å². The Morgan fingerprint density at radius 3 is 3.06 bits per heavy atom. The predicted octanol–water partition coefficient (Wildman–Crippen LogP) is 1.28. The van der Waals surface area contributed by atoms with Gasteiger partial charge in [-0.15, -0.1) is 0 Å². The summed E-state index contributed by atoms with van der Waals surface area (Å²) in [5, 5.41) is 3.90. The second-order valence-corrected chi connectivity index (χ2v) is 5.84. The van der Waals surface area contributed by atoms with Crippen LogP contribution in [0.25, 0.3) is 11.0 Å². The van der Waals surface area contributed by atoms with Crippen LogP contribution in [0.4, 0.5) is 0 Å². The van der Waals surface area contributed by atoms with Gasteiger partial charge >= 0.3 is 0 Å². The van der Waals surface area contributed by atoms with Crippen molar-refractivity contribution < 1.29 is 4.21 Å². The molecule has 90 valence electrons. The number of nitrogens with one attached hydrogen (secondary N) is 2. The standard InChI is InChI=1S/C12H15N3OS/c16-17(8-9-5-6-13-7-9)12-14-10-3-1-2-4-11(10)15-12/h1-4,9,13H,5-8H2,(H,14,15)/t9-,17+/m0/s1. The summed E-state index contributed by atoms with van der Waals surface area (Å²) in [5.74, 6) is 1.22. The zero-order valence-electron chi connectivity index (χ0n) is 9.48. The molecule has 0 radical (unpaired) electrons. The molecule has 1 aliphatic rings. The third-order valence-corrected chi connectivity index (χ3v) is 4.53. The fourth-order valence-electron chi connectivity index (χ4n) is 2.19. The quantitative estimate of drug-likeness (QED) is 0.861. The summed E-state index contributed by atoms with van der Waals surface area (Å²) in [5.41, 5.74) is 1.85. The Morgan fingerprint density at radius 1 is 1.41 bits per heavy atom. The van der Waals surface area contributed by atoms with Crippen LogP contribution in [0.2, 0.25) is 0 Å². The van der Waals surface area contributed by atoms with Gasteiger partial charge in [0.15, 0.2) is 5.16 Å². The second kappa shape index (κ2) is 4.58. The molecule has 0 saturated carbocycles. The fourth-order valence-corrected chi connectivity index (χ4v) is 3.48. The van der Waals surface area contributed by atoms with Crippen molar-refractivity contribution in [2.45, 2.75) is 11.6 Å². The molecular weight excluding hydrogens is 234 g/mol. The summed E-state index contributed by atoms with van der Waals surface area (Å²) >= 11 is 0. The number of nitrogens with zero attached hydrogens (tertiary/aromatic N) is 1. The van der Waals surface area contributed by atoms with Crippen molar-refractivity contribution in [2.75, 3.05) is 18.8 Å². The Balaban J connectivity index is 1.80. The SMILES string of the molecule is O=[S@](C[C@H]1CCNC1)c1nc2ccccc2[nH]1. The second-order valence-electron chi connectivity index (χ2n) is 4.43. The van der Waals surface area contributed by atoms with E-state index in [1.54, 1.807) is 0 Å². The van der Waals surface area contributed by atoms with Gasteiger partial charge in [-0.2, -0.15) is 0 Å². The van der Waals surface area contributed by atoms with E-state index in [1.807, 2.05) is 24.3 Å². The van der Waals surface area contributed by atoms with Crippen LogP contribution in [-0.2, 0) is 10.8 Å². The number of benzene rings is 1. The topological polar surface area (TPSA) is 57.8 Å². The highest BCUT2D eigenvalue weighted by Gasteiger charge is 2.19. The first-order chi connectivity index (χ1) is 8.33. The molecule has 1 aromatic carbocycles. The molecule has 4 nitrogen and oxygen atoms in total. The van der Waals surface area contributed by atoms with Crippen molar-refractivity contribution >= 4 is 21.8 Å². The van der Waals surface area contributed by atoms with E-state index in [4.69, 9.17) is 0 Å². The number of aromatic amines is 1. The molecule has 0 spiro atoms. The fraction of sp³-hybridized carbons (Fsp3) is 0.417. The molecule has 1 saturated heterocycles. The van der Waals surface area contributed by atoms with Crippen LogP contribution in [0.3, 0.4) is 0 Å². The molecule has 0 bridgehead atoms. The number of imidazole rings is 1. The zero-order valence-corrected chi connectivity index (χ0v) is 10.3. The molecule has 2 aromatic rings. The summed E-state index contributed by atoms with van der Waals surface area (Å²) in [7, 11) is -1.01. The van der Waals surface area contributed by atoms with E-state index >= 15 is 0 Å². The number of H-pyrrole nitrogens is 1. The van der Waals surface area contributed by atoms with Gasteiger partial charge in [-0.1, -0.05) is 12.1 Å². The van der Waals surface area contributed by atoms with Gasteiger partial charge in [0.2, 0.25) is 0 Å².